The maximum absolute atomic E-state index is 10.4. The first kappa shape index (κ1) is 11.4. The molecule has 1 aliphatic rings. The Kier molecular flexibility index (Phi) is 3.17. The van der Waals surface area contributed by atoms with E-state index in [9.17, 15) is 5.11 Å². The van der Waals surface area contributed by atoms with Crippen molar-refractivity contribution in [1.29, 1.82) is 0 Å². The van der Waals surface area contributed by atoms with Gasteiger partial charge in [-0.25, -0.2) is 0 Å². The number of nitrogens with two attached hydrogens (primary N) is 1. The van der Waals surface area contributed by atoms with Gasteiger partial charge < -0.3 is 15.6 Å². The molecule has 0 radical (unpaired) electrons. The summed E-state index contributed by atoms with van der Waals surface area (Å²) in [5.41, 5.74) is 6.70. The van der Waals surface area contributed by atoms with Crippen molar-refractivity contribution >= 4 is 0 Å². The molecule has 1 heterocycles. The van der Waals surface area contributed by atoms with Crippen molar-refractivity contribution < 1.29 is 9.84 Å². The van der Waals surface area contributed by atoms with E-state index in [2.05, 4.69) is 6.07 Å². The molecule has 0 aliphatic carbocycles. The molecule has 1 aliphatic heterocycles. The number of hydrogen-bond donors (Lipinski definition) is 2. The van der Waals surface area contributed by atoms with Crippen LogP contribution >= 0.6 is 0 Å². The molecule has 3 N–H and O–H groups in total. The van der Waals surface area contributed by atoms with E-state index < -0.39 is 5.60 Å². The van der Waals surface area contributed by atoms with E-state index in [-0.39, 0.29) is 0 Å². The van der Waals surface area contributed by atoms with Crippen LogP contribution in [0.15, 0.2) is 18.2 Å². The van der Waals surface area contributed by atoms with Gasteiger partial charge in [0.15, 0.2) is 0 Å². The SMILES string of the molecule is CC(O)(CCN)c1cccc2c1OCCC2. The molecule has 16 heavy (non-hydrogen) atoms. The third-order valence-corrected chi connectivity index (χ3v) is 3.14. The quantitative estimate of drug-likeness (QED) is 0.814. The Morgan fingerprint density at radius 2 is 2.31 bits per heavy atom. The van der Waals surface area contributed by atoms with Gasteiger partial charge in [-0.15, -0.1) is 0 Å². The van der Waals surface area contributed by atoms with E-state index in [1.54, 1.807) is 6.92 Å². The Hall–Kier alpha value is -1.06. The minimum Gasteiger partial charge on any atom is -0.493 e. The van der Waals surface area contributed by atoms with Gasteiger partial charge in [-0.1, -0.05) is 18.2 Å². The van der Waals surface area contributed by atoms with Crippen LogP contribution in [0.25, 0.3) is 0 Å². The topological polar surface area (TPSA) is 55.5 Å². The number of para-hydroxylation sites is 1. The lowest BCUT2D eigenvalue weighted by Gasteiger charge is -2.29. The first-order chi connectivity index (χ1) is 7.65. The standard InChI is InChI=1S/C13H19NO2/c1-13(15,7-8-14)11-6-2-4-10-5-3-9-16-12(10)11/h2,4,6,15H,3,5,7-9,14H2,1H3. The number of fused-ring (bicyclic) bond motifs is 1. The van der Waals surface area contributed by atoms with Gasteiger partial charge in [-0.05, 0) is 38.3 Å². The van der Waals surface area contributed by atoms with E-state index in [0.29, 0.717) is 13.0 Å². The highest BCUT2D eigenvalue weighted by Gasteiger charge is 2.28. The van der Waals surface area contributed by atoms with Crippen LogP contribution < -0.4 is 10.5 Å². The van der Waals surface area contributed by atoms with Crippen molar-refractivity contribution in [3.8, 4) is 5.75 Å². The first-order valence-corrected chi connectivity index (χ1v) is 5.83. The van der Waals surface area contributed by atoms with E-state index in [1.165, 1.54) is 5.56 Å². The second kappa shape index (κ2) is 4.44. The molecule has 88 valence electrons. The zero-order valence-corrected chi connectivity index (χ0v) is 9.70. The third kappa shape index (κ3) is 2.06. The van der Waals surface area contributed by atoms with Crippen LogP contribution in [0.5, 0.6) is 5.75 Å². The number of rotatable bonds is 3. The van der Waals surface area contributed by atoms with Crippen molar-refractivity contribution in [3.05, 3.63) is 29.3 Å². The maximum Gasteiger partial charge on any atom is 0.128 e. The Morgan fingerprint density at radius 1 is 1.50 bits per heavy atom. The monoisotopic (exact) mass is 221 g/mol. The molecule has 1 atom stereocenters. The zero-order valence-electron chi connectivity index (χ0n) is 9.70. The number of ether oxygens (including phenoxy) is 1. The summed E-state index contributed by atoms with van der Waals surface area (Å²) in [5.74, 6) is 0.868. The third-order valence-electron chi connectivity index (χ3n) is 3.14. The molecule has 0 saturated carbocycles. The van der Waals surface area contributed by atoms with E-state index in [0.717, 1.165) is 30.8 Å². The number of benzene rings is 1. The summed E-state index contributed by atoms with van der Waals surface area (Å²) in [4.78, 5) is 0. The number of aryl methyl sites for hydroxylation is 1. The molecular formula is C13H19NO2. The second-order valence-corrected chi connectivity index (χ2v) is 4.56. The molecule has 0 fully saturated rings. The average Bonchev–Trinajstić information content (AvgIpc) is 2.28. The first-order valence-electron chi connectivity index (χ1n) is 5.83. The normalized spacial score (nSPS) is 18.4. The van der Waals surface area contributed by atoms with Crippen LogP contribution in [0, 0.1) is 0 Å². The van der Waals surface area contributed by atoms with Crippen LogP contribution in [0.1, 0.15) is 30.9 Å². The van der Waals surface area contributed by atoms with E-state index >= 15 is 0 Å². The molecular weight excluding hydrogens is 202 g/mol. The molecule has 0 amide bonds. The summed E-state index contributed by atoms with van der Waals surface area (Å²) in [7, 11) is 0. The van der Waals surface area contributed by atoms with E-state index in [4.69, 9.17) is 10.5 Å². The molecule has 0 aromatic heterocycles. The van der Waals surface area contributed by atoms with Crippen molar-refractivity contribution in [2.45, 2.75) is 31.8 Å². The average molecular weight is 221 g/mol. The molecule has 1 aromatic carbocycles. The highest BCUT2D eigenvalue weighted by Crippen LogP contribution is 2.37. The van der Waals surface area contributed by atoms with Gasteiger partial charge in [0, 0.05) is 5.56 Å². The van der Waals surface area contributed by atoms with Gasteiger partial charge in [0.2, 0.25) is 0 Å². The Balaban J connectivity index is 2.40. The summed E-state index contributed by atoms with van der Waals surface area (Å²) >= 11 is 0. The van der Waals surface area contributed by atoms with Crippen molar-refractivity contribution in [3.63, 3.8) is 0 Å². The zero-order chi connectivity index (χ0) is 11.6. The van der Waals surface area contributed by atoms with Crippen LogP contribution in [0.2, 0.25) is 0 Å². The highest BCUT2D eigenvalue weighted by atomic mass is 16.5. The van der Waals surface area contributed by atoms with E-state index in [1.807, 2.05) is 12.1 Å². The lowest BCUT2D eigenvalue weighted by molar-refractivity contribution is 0.0465. The van der Waals surface area contributed by atoms with Crippen molar-refractivity contribution in [2.75, 3.05) is 13.2 Å². The number of hydrogen-bond acceptors (Lipinski definition) is 3. The summed E-state index contributed by atoms with van der Waals surface area (Å²) < 4.78 is 5.69. The molecule has 0 saturated heterocycles. The smallest absolute Gasteiger partial charge is 0.128 e. The van der Waals surface area contributed by atoms with Gasteiger partial charge >= 0.3 is 0 Å². The highest BCUT2D eigenvalue weighted by molar-refractivity contribution is 5.45. The fraction of sp³-hybridized carbons (Fsp3) is 0.538. The predicted octanol–water partition coefficient (Wildman–Crippen LogP) is 1.57. The van der Waals surface area contributed by atoms with Gasteiger partial charge in [0.1, 0.15) is 5.75 Å². The summed E-state index contributed by atoms with van der Waals surface area (Å²) in [6, 6.07) is 5.98. The lowest BCUT2D eigenvalue weighted by atomic mass is 9.89. The van der Waals surface area contributed by atoms with Crippen LogP contribution in [0.4, 0.5) is 0 Å². The Bertz CT molecular complexity index is 374. The second-order valence-electron chi connectivity index (χ2n) is 4.56. The fourth-order valence-corrected chi connectivity index (χ4v) is 2.23. The molecule has 2 rings (SSSR count). The summed E-state index contributed by atoms with van der Waals surface area (Å²) in [5, 5.41) is 10.4. The van der Waals surface area contributed by atoms with Gasteiger partial charge in [-0.2, -0.15) is 0 Å². The molecule has 0 bridgehead atoms. The maximum atomic E-state index is 10.4. The lowest BCUT2D eigenvalue weighted by Crippen LogP contribution is -2.27. The van der Waals surface area contributed by atoms with Gasteiger partial charge in [0.25, 0.3) is 0 Å². The minimum absolute atomic E-state index is 0.469. The fourth-order valence-electron chi connectivity index (χ4n) is 2.23. The molecule has 3 heteroatoms. The summed E-state index contributed by atoms with van der Waals surface area (Å²) in [6.07, 6.45) is 2.63. The largest absolute Gasteiger partial charge is 0.493 e. The van der Waals surface area contributed by atoms with Gasteiger partial charge in [-0.3, -0.25) is 0 Å². The van der Waals surface area contributed by atoms with Gasteiger partial charge in [0.05, 0.1) is 12.2 Å². The van der Waals surface area contributed by atoms with Crippen LogP contribution in [-0.2, 0) is 12.0 Å². The molecule has 0 spiro atoms. The molecule has 1 aromatic rings. The van der Waals surface area contributed by atoms with Crippen LogP contribution in [0.3, 0.4) is 0 Å². The minimum atomic E-state index is -0.891. The Morgan fingerprint density at radius 3 is 3.06 bits per heavy atom. The number of aliphatic hydroxyl groups is 1. The van der Waals surface area contributed by atoms with Crippen molar-refractivity contribution in [1.82, 2.24) is 0 Å². The predicted molar refractivity (Wildman–Crippen MR) is 63.5 cm³/mol. The molecule has 1 unspecified atom stereocenters. The van der Waals surface area contributed by atoms with Crippen molar-refractivity contribution in [2.24, 2.45) is 5.73 Å². The molecule has 3 nitrogen and oxygen atoms in total. The van der Waals surface area contributed by atoms with Crippen LogP contribution in [-0.4, -0.2) is 18.3 Å². The summed E-state index contributed by atoms with van der Waals surface area (Å²) in [6.45, 7) is 3.01. The Labute approximate surface area is 96.2 Å².